The Kier molecular flexibility index (Phi) is 4.01. The summed E-state index contributed by atoms with van der Waals surface area (Å²) in [5.74, 6) is 0.831. The molecule has 2 heterocycles. The highest BCUT2D eigenvalue weighted by molar-refractivity contribution is 5.95. The van der Waals surface area contributed by atoms with Crippen LogP contribution < -0.4 is 5.32 Å². The van der Waals surface area contributed by atoms with Gasteiger partial charge in [0, 0.05) is 26.3 Å². The Hall–Kier alpha value is -1.36. The third kappa shape index (κ3) is 2.72. The van der Waals surface area contributed by atoms with E-state index in [2.05, 4.69) is 10.4 Å². The van der Waals surface area contributed by atoms with Crippen LogP contribution in [0.15, 0.2) is 6.20 Å². The number of aryl methyl sites for hydroxylation is 2. The van der Waals surface area contributed by atoms with Crippen LogP contribution in [0.4, 0.5) is 0 Å². The highest BCUT2D eigenvalue weighted by Crippen LogP contribution is 2.19. The molecular weight excluding hydrogens is 228 g/mol. The quantitative estimate of drug-likeness (QED) is 0.863. The van der Waals surface area contributed by atoms with Gasteiger partial charge < -0.3 is 10.2 Å². The van der Waals surface area contributed by atoms with Crippen molar-refractivity contribution in [2.24, 2.45) is 13.0 Å². The number of hydrogen-bond acceptors (Lipinski definition) is 3. The number of aromatic nitrogens is 2. The molecule has 0 bridgehead atoms. The molecule has 1 aliphatic heterocycles. The SMILES string of the molecule is CNCC1CCN(C(=O)c2cn(C)nc2C)CC1. The first-order valence-corrected chi connectivity index (χ1v) is 6.56. The molecule has 2 rings (SSSR count). The number of likely N-dealkylation sites (tertiary alicyclic amines) is 1. The molecular formula is C13H22N4O. The summed E-state index contributed by atoms with van der Waals surface area (Å²) < 4.78 is 1.70. The highest BCUT2D eigenvalue weighted by Gasteiger charge is 2.25. The van der Waals surface area contributed by atoms with Gasteiger partial charge in [-0.1, -0.05) is 0 Å². The van der Waals surface area contributed by atoms with Crippen LogP contribution in [0.2, 0.25) is 0 Å². The van der Waals surface area contributed by atoms with Crippen molar-refractivity contribution in [3.05, 3.63) is 17.5 Å². The number of carbonyl (C=O) groups is 1. The summed E-state index contributed by atoms with van der Waals surface area (Å²) in [6.07, 6.45) is 4.00. The molecule has 1 aromatic rings. The van der Waals surface area contributed by atoms with E-state index in [1.165, 1.54) is 0 Å². The molecule has 0 radical (unpaired) electrons. The smallest absolute Gasteiger partial charge is 0.257 e. The summed E-state index contributed by atoms with van der Waals surface area (Å²) in [6, 6.07) is 0. The van der Waals surface area contributed by atoms with E-state index >= 15 is 0 Å². The maximum atomic E-state index is 12.4. The van der Waals surface area contributed by atoms with Crippen LogP contribution in [-0.2, 0) is 7.05 Å². The fourth-order valence-corrected chi connectivity index (χ4v) is 2.61. The lowest BCUT2D eigenvalue weighted by atomic mass is 9.96. The van der Waals surface area contributed by atoms with Crippen LogP contribution in [0.5, 0.6) is 0 Å². The van der Waals surface area contributed by atoms with Crippen LogP contribution >= 0.6 is 0 Å². The maximum Gasteiger partial charge on any atom is 0.257 e. The van der Waals surface area contributed by atoms with Gasteiger partial charge in [0.25, 0.3) is 5.91 Å². The van der Waals surface area contributed by atoms with Gasteiger partial charge in [-0.3, -0.25) is 9.48 Å². The fraction of sp³-hybridized carbons (Fsp3) is 0.692. The Morgan fingerprint density at radius 2 is 2.17 bits per heavy atom. The molecule has 0 aromatic carbocycles. The number of piperidine rings is 1. The molecule has 1 N–H and O–H groups in total. The Bertz CT molecular complexity index is 419. The van der Waals surface area contributed by atoms with E-state index < -0.39 is 0 Å². The summed E-state index contributed by atoms with van der Waals surface area (Å²) >= 11 is 0. The number of amides is 1. The number of hydrogen-bond donors (Lipinski definition) is 1. The van der Waals surface area contributed by atoms with Crippen molar-refractivity contribution < 1.29 is 4.79 Å². The van der Waals surface area contributed by atoms with Gasteiger partial charge in [-0.2, -0.15) is 5.10 Å². The summed E-state index contributed by atoms with van der Waals surface area (Å²) in [7, 11) is 3.83. The van der Waals surface area contributed by atoms with Crippen molar-refractivity contribution >= 4 is 5.91 Å². The second kappa shape index (κ2) is 5.52. The molecule has 18 heavy (non-hydrogen) atoms. The third-order valence-corrected chi connectivity index (χ3v) is 3.64. The first-order chi connectivity index (χ1) is 8.61. The summed E-state index contributed by atoms with van der Waals surface area (Å²) in [4.78, 5) is 14.3. The molecule has 1 amide bonds. The van der Waals surface area contributed by atoms with E-state index in [1.807, 2.05) is 32.1 Å². The molecule has 0 saturated carbocycles. The lowest BCUT2D eigenvalue weighted by Gasteiger charge is -2.31. The van der Waals surface area contributed by atoms with Gasteiger partial charge in [-0.15, -0.1) is 0 Å². The van der Waals surface area contributed by atoms with Crippen molar-refractivity contribution in [3.63, 3.8) is 0 Å². The second-order valence-corrected chi connectivity index (χ2v) is 5.10. The molecule has 5 nitrogen and oxygen atoms in total. The minimum absolute atomic E-state index is 0.128. The largest absolute Gasteiger partial charge is 0.339 e. The van der Waals surface area contributed by atoms with Crippen molar-refractivity contribution in [1.29, 1.82) is 0 Å². The zero-order chi connectivity index (χ0) is 13.1. The van der Waals surface area contributed by atoms with Crippen LogP contribution in [0.25, 0.3) is 0 Å². The molecule has 1 aromatic heterocycles. The van der Waals surface area contributed by atoms with Gasteiger partial charge >= 0.3 is 0 Å². The van der Waals surface area contributed by atoms with E-state index in [-0.39, 0.29) is 5.91 Å². The van der Waals surface area contributed by atoms with E-state index in [1.54, 1.807) is 4.68 Å². The van der Waals surface area contributed by atoms with Gasteiger partial charge in [-0.25, -0.2) is 0 Å². The summed E-state index contributed by atoms with van der Waals surface area (Å²) in [6.45, 7) is 4.66. The Morgan fingerprint density at radius 3 is 2.67 bits per heavy atom. The van der Waals surface area contributed by atoms with E-state index in [0.29, 0.717) is 5.92 Å². The zero-order valence-electron chi connectivity index (χ0n) is 11.4. The summed E-state index contributed by atoms with van der Waals surface area (Å²) in [5.41, 5.74) is 1.56. The third-order valence-electron chi connectivity index (χ3n) is 3.64. The van der Waals surface area contributed by atoms with Crippen LogP contribution in [-0.4, -0.2) is 47.3 Å². The van der Waals surface area contributed by atoms with Crippen molar-refractivity contribution in [2.45, 2.75) is 19.8 Å². The van der Waals surface area contributed by atoms with Crippen LogP contribution in [0, 0.1) is 12.8 Å². The lowest BCUT2D eigenvalue weighted by molar-refractivity contribution is 0.0690. The van der Waals surface area contributed by atoms with E-state index in [0.717, 1.165) is 43.7 Å². The lowest BCUT2D eigenvalue weighted by Crippen LogP contribution is -2.40. The molecule has 1 aliphatic rings. The van der Waals surface area contributed by atoms with Crippen LogP contribution in [0.3, 0.4) is 0 Å². The van der Waals surface area contributed by atoms with Gasteiger partial charge in [0.1, 0.15) is 0 Å². The minimum Gasteiger partial charge on any atom is -0.339 e. The van der Waals surface area contributed by atoms with E-state index in [9.17, 15) is 4.79 Å². The van der Waals surface area contributed by atoms with Gasteiger partial charge in [-0.05, 0) is 39.3 Å². The predicted molar refractivity (Wildman–Crippen MR) is 70.5 cm³/mol. The van der Waals surface area contributed by atoms with Gasteiger partial charge in [0.2, 0.25) is 0 Å². The van der Waals surface area contributed by atoms with Crippen molar-refractivity contribution in [2.75, 3.05) is 26.7 Å². The topological polar surface area (TPSA) is 50.2 Å². The molecule has 0 aliphatic carbocycles. The number of rotatable bonds is 3. The first-order valence-electron chi connectivity index (χ1n) is 6.56. The summed E-state index contributed by atoms with van der Waals surface area (Å²) in [5, 5.41) is 7.44. The Morgan fingerprint density at radius 1 is 1.50 bits per heavy atom. The van der Waals surface area contributed by atoms with Crippen LogP contribution in [0.1, 0.15) is 28.9 Å². The van der Waals surface area contributed by atoms with Crippen molar-refractivity contribution in [1.82, 2.24) is 20.0 Å². The average Bonchev–Trinajstić information content (AvgIpc) is 2.69. The predicted octanol–water partition coefficient (Wildman–Crippen LogP) is 0.800. The monoisotopic (exact) mass is 250 g/mol. The van der Waals surface area contributed by atoms with Gasteiger partial charge in [0.05, 0.1) is 11.3 Å². The average molecular weight is 250 g/mol. The molecule has 1 saturated heterocycles. The molecule has 0 atom stereocenters. The number of nitrogens with one attached hydrogen (secondary N) is 1. The standard InChI is InChI=1S/C13H22N4O/c1-10-12(9-16(3)15-10)13(18)17-6-4-11(5-7-17)8-14-2/h9,11,14H,4-8H2,1-3H3. The molecule has 100 valence electrons. The zero-order valence-corrected chi connectivity index (χ0v) is 11.4. The number of nitrogens with zero attached hydrogens (tertiary/aromatic N) is 3. The number of carbonyl (C=O) groups excluding carboxylic acids is 1. The molecule has 0 unspecified atom stereocenters. The molecule has 1 fully saturated rings. The Balaban J connectivity index is 1.97. The minimum atomic E-state index is 0.128. The second-order valence-electron chi connectivity index (χ2n) is 5.10. The fourth-order valence-electron chi connectivity index (χ4n) is 2.61. The van der Waals surface area contributed by atoms with Gasteiger partial charge in [0.15, 0.2) is 0 Å². The molecule has 5 heteroatoms. The highest BCUT2D eigenvalue weighted by atomic mass is 16.2. The van der Waals surface area contributed by atoms with Crippen molar-refractivity contribution in [3.8, 4) is 0 Å². The molecule has 0 spiro atoms. The maximum absolute atomic E-state index is 12.4. The Labute approximate surface area is 108 Å². The first kappa shape index (κ1) is 13.1. The normalized spacial score (nSPS) is 17.2. The van der Waals surface area contributed by atoms with E-state index in [4.69, 9.17) is 0 Å².